The zero-order chi connectivity index (χ0) is 15.4. The maximum absolute atomic E-state index is 14.4. The molecule has 1 aliphatic heterocycles. The molecule has 1 fully saturated rings. The summed E-state index contributed by atoms with van der Waals surface area (Å²) in [5.41, 5.74) is 3.02. The van der Waals surface area contributed by atoms with Crippen molar-refractivity contribution in [3.05, 3.63) is 65.0 Å². The van der Waals surface area contributed by atoms with E-state index in [1.54, 1.807) is 6.07 Å². The van der Waals surface area contributed by atoms with Crippen LogP contribution in [-0.4, -0.2) is 13.1 Å². The maximum Gasteiger partial charge on any atom is 0.165 e. The van der Waals surface area contributed by atoms with Crippen LogP contribution in [0.1, 0.15) is 35.4 Å². The highest BCUT2D eigenvalue weighted by Crippen LogP contribution is 2.31. The number of piperidine rings is 1. The molecule has 1 aliphatic rings. The lowest BCUT2D eigenvalue weighted by Gasteiger charge is -2.24. The van der Waals surface area contributed by atoms with Crippen molar-refractivity contribution >= 4 is 0 Å². The number of nitrogens with one attached hydrogen (secondary N) is 1. The molecule has 0 aliphatic carbocycles. The highest BCUT2D eigenvalue weighted by atomic mass is 19.1. The highest BCUT2D eigenvalue weighted by Gasteiger charge is 2.18. The van der Waals surface area contributed by atoms with Crippen LogP contribution in [0.25, 0.3) is 0 Å². The lowest BCUT2D eigenvalue weighted by atomic mass is 9.89. The Morgan fingerprint density at radius 3 is 2.55 bits per heavy atom. The SMILES string of the molecule is Cc1cc(C2CCNCC2)cc(F)c1OCc1ccccc1. The summed E-state index contributed by atoms with van der Waals surface area (Å²) >= 11 is 0. The monoisotopic (exact) mass is 299 g/mol. The van der Waals surface area contributed by atoms with E-state index in [1.165, 1.54) is 0 Å². The molecule has 0 saturated carbocycles. The van der Waals surface area contributed by atoms with Crippen molar-refractivity contribution in [1.29, 1.82) is 0 Å². The van der Waals surface area contributed by atoms with E-state index in [2.05, 4.69) is 11.4 Å². The Hall–Kier alpha value is -1.87. The van der Waals surface area contributed by atoms with Crippen molar-refractivity contribution in [3.8, 4) is 5.75 Å². The van der Waals surface area contributed by atoms with Gasteiger partial charge >= 0.3 is 0 Å². The summed E-state index contributed by atoms with van der Waals surface area (Å²) in [4.78, 5) is 0. The Morgan fingerprint density at radius 1 is 1.14 bits per heavy atom. The molecule has 0 spiro atoms. The van der Waals surface area contributed by atoms with Crippen LogP contribution >= 0.6 is 0 Å². The van der Waals surface area contributed by atoms with Gasteiger partial charge in [0.25, 0.3) is 0 Å². The normalized spacial score (nSPS) is 15.7. The maximum atomic E-state index is 14.4. The van der Waals surface area contributed by atoms with Crippen LogP contribution < -0.4 is 10.1 Å². The van der Waals surface area contributed by atoms with Crippen LogP contribution in [0.3, 0.4) is 0 Å². The number of benzene rings is 2. The average Bonchev–Trinajstić information content (AvgIpc) is 2.56. The van der Waals surface area contributed by atoms with Gasteiger partial charge < -0.3 is 10.1 Å². The third-order valence-corrected chi connectivity index (χ3v) is 4.29. The number of rotatable bonds is 4. The van der Waals surface area contributed by atoms with Gasteiger partial charge in [-0.25, -0.2) is 4.39 Å². The molecule has 0 atom stereocenters. The van der Waals surface area contributed by atoms with Crippen molar-refractivity contribution in [3.63, 3.8) is 0 Å². The van der Waals surface area contributed by atoms with Crippen LogP contribution in [0.15, 0.2) is 42.5 Å². The minimum atomic E-state index is -0.246. The van der Waals surface area contributed by atoms with Gasteiger partial charge in [0.15, 0.2) is 11.6 Å². The number of halogens is 1. The fourth-order valence-electron chi connectivity index (χ4n) is 3.06. The second-order valence-corrected chi connectivity index (χ2v) is 5.95. The van der Waals surface area contributed by atoms with Gasteiger partial charge in [0, 0.05) is 0 Å². The van der Waals surface area contributed by atoms with Crippen molar-refractivity contribution in [2.24, 2.45) is 0 Å². The molecule has 0 amide bonds. The Labute approximate surface area is 131 Å². The summed E-state index contributed by atoms with van der Waals surface area (Å²) in [6.45, 7) is 4.34. The third kappa shape index (κ3) is 3.47. The molecule has 2 aromatic carbocycles. The van der Waals surface area contributed by atoms with E-state index >= 15 is 0 Å². The third-order valence-electron chi connectivity index (χ3n) is 4.29. The standard InChI is InChI=1S/C19H22FNO/c1-14-11-17(16-7-9-21-10-8-16)12-18(20)19(14)22-13-15-5-3-2-4-6-15/h2-6,11-12,16,21H,7-10,13H2,1H3. The first kappa shape index (κ1) is 15.0. The van der Waals surface area contributed by atoms with Gasteiger partial charge in [-0.15, -0.1) is 0 Å². The van der Waals surface area contributed by atoms with E-state index in [1.807, 2.05) is 37.3 Å². The Balaban J connectivity index is 1.74. The number of hydrogen-bond acceptors (Lipinski definition) is 2. The lowest BCUT2D eigenvalue weighted by molar-refractivity contribution is 0.287. The quantitative estimate of drug-likeness (QED) is 0.914. The van der Waals surface area contributed by atoms with Gasteiger partial charge in [0.05, 0.1) is 0 Å². The first-order valence-electron chi connectivity index (χ1n) is 7.91. The molecule has 0 aromatic heterocycles. The molecule has 22 heavy (non-hydrogen) atoms. The van der Waals surface area contributed by atoms with Crippen LogP contribution in [-0.2, 0) is 6.61 Å². The fourth-order valence-corrected chi connectivity index (χ4v) is 3.06. The number of hydrogen-bond donors (Lipinski definition) is 1. The molecule has 116 valence electrons. The van der Waals surface area contributed by atoms with Crippen LogP contribution in [0, 0.1) is 12.7 Å². The van der Waals surface area contributed by atoms with E-state index < -0.39 is 0 Å². The van der Waals surface area contributed by atoms with Crippen LogP contribution in [0.2, 0.25) is 0 Å². The molecule has 1 saturated heterocycles. The van der Waals surface area contributed by atoms with Crippen LogP contribution in [0.4, 0.5) is 4.39 Å². The zero-order valence-corrected chi connectivity index (χ0v) is 12.9. The smallest absolute Gasteiger partial charge is 0.165 e. The first-order valence-corrected chi connectivity index (χ1v) is 7.91. The summed E-state index contributed by atoms with van der Waals surface area (Å²) in [5.74, 6) is 0.587. The minimum absolute atomic E-state index is 0.246. The molecular formula is C19H22FNO. The Morgan fingerprint density at radius 2 is 1.86 bits per heavy atom. The van der Waals surface area contributed by atoms with E-state index in [9.17, 15) is 4.39 Å². The summed E-state index contributed by atoms with van der Waals surface area (Å²) < 4.78 is 20.1. The Bertz CT molecular complexity index is 598. The molecule has 0 radical (unpaired) electrons. The van der Waals surface area contributed by atoms with E-state index in [0.29, 0.717) is 18.3 Å². The summed E-state index contributed by atoms with van der Waals surface area (Å²) in [5, 5.41) is 3.35. The molecule has 3 heteroatoms. The first-order chi connectivity index (χ1) is 10.7. The van der Waals surface area contributed by atoms with Gasteiger partial charge in [-0.1, -0.05) is 36.4 Å². The largest absolute Gasteiger partial charge is 0.486 e. The van der Waals surface area contributed by atoms with Gasteiger partial charge in [-0.2, -0.15) is 0 Å². The van der Waals surface area contributed by atoms with E-state index in [0.717, 1.165) is 42.6 Å². The number of aryl methyl sites for hydroxylation is 1. The number of ether oxygens (including phenoxy) is 1. The van der Waals surface area contributed by atoms with Gasteiger partial charge in [-0.05, 0) is 61.5 Å². The van der Waals surface area contributed by atoms with Gasteiger partial charge in [0.1, 0.15) is 6.61 Å². The molecule has 3 rings (SSSR count). The predicted molar refractivity (Wildman–Crippen MR) is 86.8 cm³/mol. The highest BCUT2D eigenvalue weighted by molar-refractivity contribution is 5.39. The van der Waals surface area contributed by atoms with Gasteiger partial charge in [-0.3, -0.25) is 0 Å². The Kier molecular flexibility index (Phi) is 4.74. The van der Waals surface area contributed by atoms with Crippen molar-refractivity contribution < 1.29 is 9.13 Å². The molecule has 0 bridgehead atoms. The zero-order valence-electron chi connectivity index (χ0n) is 12.9. The molecule has 1 N–H and O–H groups in total. The lowest BCUT2D eigenvalue weighted by Crippen LogP contribution is -2.26. The molecular weight excluding hydrogens is 277 g/mol. The fraction of sp³-hybridized carbons (Fsp3) is 0.368. The van der Waals surface area contributed by atoms with E-state index in [-0.39, 0.29) is 5.82 Å². The molecule has 2 aromatic rings. The van der Waals surface area contributed by atoms with Crippen molar-refractivity contribution in [2.45, 2.75) is 32.3 Å². The predicted octanol–water partition coefficient (Wildman–Crippen LogP) is 4.18. The molecule has 1 heterocycles. The van der Waals surface area contributed by atoms with Crippen molar-refractivity contribution in [2.75, 3.05) is 13.1 Å². The average molecular weight is 299 g/mol. The van der Waals surface area contributed by atoms with Gasteiger partial charge in [0.2, 0.25) is 0 Å². The second-order valence-electron chi connectivity index (χ2n) is 5.95. The van der Waals surface area contributed by atoms with E-state index in [4.69, 9.17) is 4.74 Å². The minimum Gasteiger partial charge on any atom is -0.486 e. The van der Waals surface area contributed by atoms with Crippen LogP contribution in [0.5, 0.6) is 5.75 Å². The molecule has 2 nitrogen and oxygen atoms in total. The topological polar surface area (TPSA) is 21.3 Å². The summed E-state index contributed by atoms with van der Waals surface area (Å²) in [6.07, 6.45) is 2.15. The molecule has 0 unspecified atom stereocenters. The second kappa shape index (κ2) is 6.93. The summed E-state index contributed by atoms with van der Waals surface area (Å²) in [6, 6.07) is 13.6. The van der Waals surface area contributed by atoms with Crippen molar-refractivity contribution in [1.82, 2.24) is 5.32 Å². The summed E-state index contributed by atoms with van der Waals surface area (Å²) in [7, 11) is 0.